The normalized spacial score (nSPS) is 17.0. The molecule has 2 heterocycles. The molecule has 0 aromatic carbocycles. The second kappa shape index (κ2) is 5.54. The van der Waals surface area contributed by atoms with Gasteiger partial charge in [0.05, 0.1) is 5.02 Å². The maximum atomic E-state index is 11.8. The van der Waals surface area contributed by atoms with Gasteiger partial charge in [0.2, 0.25) is 0 Å². The number of nitrogens with zero attached hydrogens (tertiary/aromatic N) is 3. The highest BCUT2D eigenvalue weighted by Crippen LogP contribution is 2.36. The van der Waals surface area contributed by atoms with Crippen LogP contribution in [-0.2, 0) is 10.3 Å². The fourth-order valence-electron chi connectivity index (χ4n) is 3.24. The predicted molar refractivity (Wildman–Crippen MR) is 85.3 cm³/mol. The Morgan fingerprint density at radius 3 is 2.68 bits per heavy atom. The summed E-state index contributed by atoms with van der Waals surface area (Å²) in [5, 5.41) is 10.2. The number of pyridine rings is 1. The van der Waals surface area contributed by atoms with Crippen molar-refractivity contribution in [1.29, 1.82) is 0 Å². The summed E-state index contributed by atoms with van der Waals surface area (Å²) >= 11 is 6.01. The van der Waals surface area contributed by atoms with Crippen LogP contribution in [0, 0.1) is 0 Å². The van der Waals surface area contributed by atoms with Crippen LogP contribution < -0.4 is 0 Å². The molecule has 1 aliphatic rings. The van der Waals surface area contributed by atoms with Crippen LogP contribution in [0.15, 0.2) is 12.3 Å². The Kier molecular flexibility index (Phi) is 3.85. The molecule has 22 heavy (non-hydrogen) atoms. The third kappa shape index (κ3) is 2.47. The van der Waals surface area contributed by atoms with Gasteiger partial charge in [0.25, 0.3) is 0 Å². The molecule has 2 aromatic heterocycles. The topological polar surface area (TPSA) is 68.0 Å². The van der Waals surface area contributed by atoms with E-state index in [9.17, 15) is 9.90 Å². The molecule has 3 rings (SSSR count). The van der Waals surface area contributed by atoms with Crippen molar-refractivity contribution in [2.75, 3.05) is 0 Å². The third-order valence-corrected chi connectivity index (χ3v) is 4.75. The average molecular weight is 322 g/mol. The number of aliphatic carboxylic acids is 1. The molecule has 0 spiro atoms. The Labute approximate surface area is 134 Å². The van der Waals surface area contributed by atoms with Gasteiger partial charge in [0.15, 0.2) is 5.65 Å². The summed E-state index contributed by atoms with van der Waals surface area (Å²) in [6.07, 6.45) is 7.21. The monoisotopic (exact) mass is 321 g/mol. The molecular formula is C16H20ClN3O2. The first kappa shape index (κ1) is 15.3. The van der Waals surface area contributed by atoms with E-state index in [1.165, 1.54) is 6.42 Å². The molecule has 0 unspecified atom stereocenters. The summed E-state index contributed by atoms with van der Waals surface area (Å²) in [4.78, 5) is 20.8. The summed E-state index contributed by atoms with van der Waals surface area (Å²) < 4.78 is 1.79. The quantitative estimate of drug-likeness (QED) is 0.929. The second-order valence-corrected chi connectivity index (χ2v) is 6.94. The molecule has 0 radical (unpaired) electrons. The third-order valence-electron chi connectivity index (χ3n) is 4.54. The van der Waals surface area contributed by atoms with E-state index in [-0.39, 0.29) is 0 Å². The SMILES string of the molecule is CC(C)(C(=O)O)n1c(C2CCCCC2)nc2cc(Cl)cnc21. The molecule has 2 aromatic rings. The molecule has 0 saturated heterocycles. The lowest BCUT2D eigenvalue weighted by Gasteiger charge is -2.28. The van der Waals surface area contributed by atoms with Gasteiger partial charge in [-0.2, -0.15) is 0 Å². The first-order valence-corrected chi connectivity index (χ1v) is 8.07. The van der Waals surface area contributed by atoms with Crippen molar-refractivity contribution >= 4 is 28.7 Å². The zero-order valence-electron chi connectivity index (χ0n) is 12.8. The average Bonchev–Trinajstić information content (AvgIpc) is 2.87. The largest absolute Gasteiger partial charge is 0.480 e. The van der Waals surface area contributed by atoms with Crippen molar-refractivity contribution in [3.05, 3.63) is 23.1 Å². The van der Waals surface area contributed by atoms with Crippen LogP contribution in [0.1, 0.15) is 57.7 Å². The van der Waals surface area contributed by atoms with Gasteiger partial charge in [-0.15, -0.1) is 0 Å². The number of fused-ring (bicyclic) bond motifs is 1. The maximum absolute atomic E-state index is 11.8. The van der Waals surface area contributed by atoms with Gasteiger partial charge in [0.1, 0.15) is 16.9 Å². The Balaban J connectivity index is 2.23. The highest BCUT2D eigenvalue weighted by atomic mass is 35.5. The Hall–Kier alpha value is -1.62. The summed E-state index contributed by atoms with van der Waals surface area (Å²) in [6.45, 7) is 3.39. The molecule has 0 bridgehead atoms. The van der Waals surface area contributed by atoms with E-state index in [4.69, 9.17) is 16.6 Å². The molecule has 1 N–H and O–H groups in total. The minimum absolute atomic E-state index is 0.292. The molecule has 5 nitrogen and oxygen atoms in total. The fourth-order valence-corrected chi connectivity index (χ4v) is 3.39. The summed E-state index contributed by atoms with van der Waals surface area (Å²) in [7, 11) is 0. The minimum atomic E-state index is -1.09. The number of carbonyl (C=O) groups is 1. The van der Waals surface area contributed by atoms with Gasteiger partial charge in [-0.25, -0.2) is 14.8 Å². The molecular weight excluding hydrogens is 302 g/mol. The van der Waals surface area contributed by atoms with Crippen LogP contribution in [0.3, 0.4) is 0 Å². The van der Waals surface area contributed by atoms with Crippen LogP contribution in [0.2, 0.25) is 5.02 Å². The van der Waals surface area contributed by atoms with Crippen LogP contribution in [-0.4, -0.2) is 25.6 Å². The minimum Gasteiger partial charge on any atom is -0.480 e. The van der Waals surface area contributed by atoms with Gasteiger partial charge >= 0.3 is 5.97 Å². The zero-order valence-corrected chi connectivity index (χ0v) is 13.6. The molecule has 1 saturated carbocycles. The maximum Gasteiger partial charge on any atom is 0.329 e. The lowest BCUT2D eigenvalue weighted by molar-refractivity contribution is -0.145. The number of halogens is 1. The van der Waals surface area contributed by atoms with Gasteiger partial charge < -0.3 is 5.11 Å². The number of imidazole rings is 1. The van der Waals surface area contributed by atoms with E-state index in [0.29, 0.717) is 22.1 Å². The zero-order chi connectivity index (χ0) is 15.9. The van der Waals surface area contributed by atoms with Crippen LogP contribution in [0.4, 0.5) is 0 Å². The number of carboxylic acid groups (broad SMARTS) is 1. The smallest absolute Gasteiger partial charge is 0.329 e. The first-order valence-electron chi connectivity index (χ1n) is 7.69. The standard InChI is InChI=1S/C16H20ClN3O2/c1-16(2,15(21)22)20-13(10-6-4-3-5-7-10)19-12-8-11(17)9-18-14(12)20/h8-10H,3-7H2,1-2H3,(H,21,22). The first-order chi connectivity index (χ1) is 10.4. The molecule has 118 valence electrons. The van der Waals surface area contributed by atoms with Crippen LogP contribution in [0.5, 0.6) is 0 Å². The van der Waals surface area contributed by atoms with E-state index >= 15 is 0 Å². The molecule has 6 heteroatoms. The Bertz CT molecular complexity index is 717. The van der Waals surface area contributed by atoms with Gasteiger partial charge in [0, 0.05) is 12.1 Å². The van der Waals surface area contributed by atoms with Crippen LogP contribution >= 0.6 is 11.6 Å². The summed E-state index contributed by atoms with van der Waals surface area (Å²) in [5.74, 6) is 0.234. The highest BCUT2D eigenvalue weighted by molar-refractivity contribution is 6.31. The van der Waals surface area contributed by atoms with Crippen LogP contribution in [0.25, 0.3) is 11.2 Å². The number of rotatable bonds is 3. The highest BCUT2D eigenvalue weighted by Gasteiger charge is 2.36. The molecule has 0 atom stereocenters. The lowest BCUT2D eigenvalue weighted by atomic mass is 9.88. The number of hydrogen-bond acceptors (Lipinski definition) is 3. The molecule has 1 fully saturated rings. The second-order valence-electron chi connectivity index (χ2n) is 6.50. The van der Waals surface area contributed by atoms with Crippen molar-refractivity contribution < 1.29 is 9.90 Å². The van der Waals surface area contributed by atoms with Crippen molar-refractivity contribution in [1.82, 2.24) is 14.5 Å². The number of aromatic nitrogens is 3. The Morgan fingerprint density at radius 1 is 1.36 bits per heavy atom. The predicted octanol–water partition coefficient (Wildman–Crippen LogP) is 3.95. The van der Waals surface area contributed by atoms with Gasteiger partial charge in [-0.3, -0.25) is 4.57 Å². The number of hydrogen-bond donors (Lipinski definition) is 1. The number of carboxylic acids is 1. The van der Waals surface area contributed by atoms with Crippen molar-refractivity contribution in [2.24, 2.45) is 0 Å². The van der Waals surface area contributed by atoms with Gasteiger partial charge in [-0.1, -0.05) is 30.9 Å². The van der Waals surface area contributed by atoms with E-state index in [0.717, 1.165) is 31.5 Å². The van der Waals surface area contributed by atoms with E-state index in [1.807, 2.05) is 0 Å². The Morgan fingerprint density at radius 2 is 2.05 bits per heavy atom. The van der Waals surface area contributed by atoms with E-state index < -0.39 is 11.5 Å². The molecule has 1 aliphatic carbocycles. The summed E-state index contributed by atoms with van der Waals surface area (Å²) in [5.41, 5.74) is 0.169. The van der Waals surface area contributed by atoms with Crippen molar-refractivity contribution in [3.63, 3.8) is 0 Å². The van der Waals surface area contributed by atoms with E-state index in [1.54, 1.807) is 30.7 Å². The fraction of sp³-hybridized carbons (Fsp3) is 0.562. The van der Waals surface area contributed by atoms with Crippen molar-refractivity contribution in [3.8, 4) is 0 Å². The lowest BCUT2D eigenvalue weighted by Crippen LogP contribution is -2.37. The van der Waals surface area contributed by atoms with E-state index in [2.05, 4.69) is 4.98 Å². The molecule has 0 amide bonds. The molecule has 0 aliphatic heterocycles. The summed E-state index contributed by atoms with van der Waals surface area (Å²) in [6, 6.07) is 1.75. The van der Waals surface area contributed by atoms with Crippen molar-refractivity contribution in [2.45, 2.75) is 57.4 Å². The van der Waals surface area contributed by atoms with Gasteiger partial charge in [-0.05, 0) is 32.8 Å².